The van der Waals surface area contributed by atoms with Gasteiger partial charge in [-0.25, -0.2) is 0 Å². The summed E-state index contributed by atoms with van der Waals surface area (Å²) < 4.78 is 5.87. The van der Waals surface area contributed by atoms with Crippen molar-refractivity contribution in [3.05, 3.63) is 54.4 Å². The number of amides is 2. The van der Waals surface area contributed by atoms with E-state index in [1.165, 1.54) is 12.8 Å². The second-order valence-corrected chi connectivity index (χ2v) is 6.04. The van der Waals surface area contributed by atoms with Gasteiger partial charge in [0.15, 0.2) is 0 Å². The molecule has 1 saturated carbocycles. The van der Waals surface area contributed by atoms with E-state index in [4.69, 9.17) is 4.74 Å². The van der Waals surface area contributed by atoms with Crippen molar-refractivity contribution in [3.63, 3.8) is 0 Å². The molecule has 0 atom stereocenters. The minimum atomic E-state index is -0.696. The number of carbonyl (C=O) groups excluding carboxylic acids is 2. The van der Waals surface area contributed by atoms with Gasteiger partial charge in [0.2, 0.25) is 0 Å². The number of rotatable bonds is 5. The Morgan fingerprint density at radius 2 is 1.68 bits per heavy atom. The largest absolute Gasteiger partial charge is 0.490 e. The van der Waals surface area contributed by atoms with Crippen molar-refractivity contribution in [1.29, 1.82) is 0 Å². The second-order valence-electron chi connectivity index (χ2n) is 6.04. The van der Waals surface area contributed by atoms with Crippen molar-refractivity contribution in [2.75, 3.05) is 5.32 Å². The summed E-state index contributed by atoms with van der Waals surface area (Å²) in [6.45, 7) is 0.281. The van der Waals surface area contributed by atoms with Gasteiger partial charge in [-0.3, -0.25) is 14.6 Å². The van der Waals surface area contributed by atoms with E-state index in [1.54, 1.807) is 36.7 Å². The van der Waals surface area contributed by atoms with Crippen molar-refractivity contribution >= 4 is 17.5 Å². The van der Waals surface area contributed by atoms with Crippen LogP contribution in [0.1, 0.15) is 31.2 Å². The van der Waals surface area contributed by atoms with Crippen LogP contribution in [-0.4, -0.2) is 22.9 Å². The van der Waals surface area contributed by atoms with Crippen molar-refractivity contribution in [3.8, 4) is 5.75 Å². The Hall–Kier alpha value is -2.89. The van der Waals surface area contributed by atoms with Crippen LogP contribution in [0.2, 0.25) is 0 Å². The number of anilines is 1. The molecular weight excluding hydrogens is 318 g/mol. The van der Waals surface area contributed by atoms with Gasteiger partial charge in [-0.15, -0.1) is 0 Å². The molecule has 0 bridgehead atoms. The summed E-state index contributed by atoms with van der Waals surface area (Å²) in [6.07, 6.45) is 8.18. The minimum Gasteiger partial charge on any atom is -0.490 e. The number of hydrogen-bond donors (Lipinski definition) is 2. The standard InChI is InChI=1S/C19H21N3O3/c23-18(21-13-14-9-11-20-12-10-14)19(24)22-15-5-7-17(8-6-15)25-16-3-1-2-4-16/h5-12,16H,1-4,13H2,(H,21,23)(H,22,24). The highest BCUT2D eigenvalue weighted by Crippen LogP contribution is 2.24. The maximum atomic E-state index is 11.9. The summed E-state index contributed by atoms with van der Waals surface area (Å²) in [5.74, 6) is -0.589. The number of nitrogens with one attached hydrogen (secondary N) is 2. The fraction of sp³-hybridized carbons (Fsp3) is 0.316. The average molecular weight is 339 g/mol. The Balaban J connectivity index is 1.47. The lowest BCUT2D eigenvalue weighted by atomic mass is 10.2. The van der Waals surface area contributed by atoms with Gasteiger partial charge < -0.3 is 15.4 Å². The van der Waals surface area contributed by atoms with E-state index < -0.39 is 11.8 Å². The number of carbonyl (C=O) groups is 2. The lowest BCUT2D eigenvalue weighted by Crippen LogP contribution is -2.34. The van der Waals surface area contributed by atoms with Crippen molar-refractivity contribution < 1.29 is 14.3 Å². The molecule has 1 aliphatic rings. The van der Waals surface area contributed by atoms with Gasteiger partial charge in [-0.2, -0.15) is 0 Å². The summed E-state index contributed by atoms with van der Waals surface area (Å²) in [6, 6.07) is 10.6. The van der Waals surface area contributed by atoms with Crippen molar-refractivity contribution in [2.24, 2.45) is 0 Å². The Morgan fingerprint density at radius 3 is 2.36 bits per heavy atom. The summed E-state index contributed by atoms with van der Waals surface area (Å²) in [5.41, 5.74) is 1.44. The molecule has 0 spiro atoms. The molecule has 0 saturated heterocycles. The van der Waals surface area contributed by atoms with Crippen LogP contribution in [0.3, 0.4) is 0 Å². The third-order valence-corrected chi connectivity index (χ3v) is 4.13. The summed E-state index contributed by atoms with van der Waals surface area (Å²) in [7, 11) is 0. The van der Waals surface area contributed by atoms with Crippen LogP contribution < -0.4 is 15.4 Å². The van der Waals surface area contributed by atoms with E-state index in [9.17, 15) is 9.59 Å². The second kappa shape index (κ2) is 8.28. The molecule has 6 heteroatoms. The fourth-order valence-electron chi connectivity index (χ4n) is 2.77. The molecule has 1 heterocycles. The minimum absolute atomic E-state index is 0.281. The molecule has 0 aliphatic heterocycles. The van der Waals surface area contributed by atoms with Gasteiger partial charge in [0.25, 0.3) is 0 Å². The average Bonchev–Trinajstić information content (AvgIpc) is 3.15. The molecule has 2 N–H and O–H groups in total. The quantitative estimate of drug-likeness (QED) is 0.821. The van der Waals surface area contributed by atoms with E-state index in [0.717, 1.165) is 24.2 Å². The fourth-order valence-corrected chi connectivity index (χ4v) is 2.77. The van der Waals surface area contributed by atoms with Crippen molar-refractivity contribution in [1.82, 2.24) is 10.3 Å². The first-order valence-corrected chi connectivity index (χ1v) is 8.45. The molecule has 2 aromatic rings. The van der Waals surface area contributed by atoms with Crippen LogP contribution in [0.15, 0.2) is 48.8 Å². The first kappa shape index (κ1) is 17.0. The zero-order valence-corrected chi connectivity index (χ0v) is 13.9. The number of nitrogens with zero attached hydrogens (tertiary/aromatic N) is 1. The summed E-state index contributed by atoms with van der Waals surface area (Å²) >= 11 is 0. The van der Waals surface area contributed by atoms with Gasteiger partial charge in [-0.1, -0.05) is 0 Å². The zero-order chi connectivity index (χ0) is 17.5. The number of aromatic nitrogens is 1. The van der Waals surface area contributed by atoms with Crippen LogP contribution in [0.5, 0.6) is 5.75 Å². The number of pyridine rings is 1. The molecule has 25 heavy (non-hydrogen) atoms. The van der Waals surface area contributed by atoms with Crippen LogP contribution in [0, 0.1) is 0 Å². The highest BCUT2D eigenvalue weighted by atomic mass is 16.5. The number of hydrogen-bond acceptors (Lipinski definition) is 4. The van der Waals surface area contributed by atoms with Crippen LogP contribution in [0.4, 0.5) is 5.69 Å². The maximum Gasteiger partial charge on any atom is 0.313 e. The lowest BCUT2D eigenvalue weighted by Gasteiger charge is -2.13. The lowest BCUT2D eigenvalue weighted by molar-refractivity contribution is -0.136. The SMILES string of the molecule is O=C(NCc1ccncc1)C(=O)Nc1ccc(OC2CCCC2)cc1. The molecule has 130 valence electrons. The first-order chi connectivity index (χ1) is 12.2. The van der Waals surface area contributed by atoms with E-state index in [-0.39, 0.29) is 6.54 Å². The molecule has 1 aliphatic carbocycles. The van der Waals surface area contributed by atoms with Crippen LogP contribution >= 0.6 is 0 Å². The maximum absolute atomic E-state index is 11.9. The van der Waals surface area contributed by atoms with E-state index in [2.05, 4.69) is 15.6 Å². The summed E-state index contributed by atoms with van der Waals surface area (Å²) in [5, 5.41) is 5.16. The molecule has 1 aromatic carbocycles. The Labute approximate surface area is 146 Å². The van der Waals surface area contributed by atoms with Gasteiger partial charge >= 0.3 is 11.8 Å². The molecule has 3 rings (SSSR count). The topological polar surface area (TPSA) is 80.3 Å². The van der Waals surface area contributed by atoms with Gasteiger partial charge in [0.1, 0.15) is 5.75 Å². The smallest absolute Gasteiger partial charge is 0.313 e. The van der Waals surface area contributed by atoms with Crippen LogP contribution in [0.25, 0.3) is 0 Å². The predicted molar refractivity (Wildman–Crippen MR) is 94.0 cm³/mol. The predicted octanol–water partition coefficient (Wildman–Crippen LogP) is 2.66. The highest BCUT2D eigenvalue weighted by Gasteiger charge is 2.17. The van der Waals surface area contributed by atoms with Crippen molar-refractivity contribution in [2.45, 2.75) is 38.3 Å². The molecular formula is C19H21N3O3. The Bertz CT molecular complexity index is 710. The Morgan fingerprint density at radius 1 is 1.00 bits per heavy atom. The van der Waals surface area contributed by atoms with E-state index in [0.29, 0.717) is 11.8 Å². The van der Waals surface area contributed by atoms with Gasteiger partial charge in [-0.05, 0) is 67.6 Å². The highest BCUT2D eigenvalue weighted by molar-refractivity contribution is 6.39. The van der Waals surface area contributed by atoms with Crippen LogP contribution in [-0.2, 0) is 16.1 Å². The normalized spacial score (nSPS) is 14.1. The van der Waals surface area contributed by atoms with Gasteiger partial charge in [0.05, 0.1) is 6.10 Å². The summed E-state index contributed by atoms with van der Waals surface area (Å²) in [4.78, 5) is 27.7. The molecule has 1 aromatic heterocycles. The monoisotopic (exact) mass is 339 g/mol. The zero-order valence-electron chi connectivity index (χ0n) is 13.9. The number of benzene rings is 1. The molecule has 1 fully saturated rings. The van der Waals surface area contributed by atoms with E-state index in [1.807, 2.05) is 12.1 Å². The molecule has 0 unspecified atom stereocenters. The third kappa shape index (κ3) is 5.04. The first-order valence-electron chi connectivity index (χ1n) is 8.45. The molecule has 2 amide bonds. The third-order valence-electron chi connectivity index (χ3n) is 4.13. The Kier molecular flexibility index (Phi) is 5.61. The van der Waals surface area contributed by atoms with E-state index >= 15 is 0 Å². The molecule has 6 nitrogen and oxygen atoms in total. The molecule has 0 radical (unpaired) electrons. The van der Waals surface area contributed by atoms with Gasteiger partial charge in [0, 0.05) is 24.6 Å². The number of ether oxygens (including phenoxy) is 1.